The molecule has 0 atom stereocenters. The summed E-state index contributed by atoms with van der Waals surface area (Å²) < 4.78 is 26.4. The molecule has 1 rings (SSSR count). The molecule has 0 N–H and O–H groups in total. The van der Waals surface area contributed by atoms with Gasteiger partial charge in [-0.3, -0.25) is 4.79 Å². The zero-order chi connectivity index (χ0) is 11.6. The molecule has 0 heterocycles. The van der Waals surface area contributed by atoms with Gasteiger partial charge in [-0.1, -0.05) is 19.9 Å². The normalized spacial score (nSPS) is 10.8. The molecule has 0 aliphatic carbocycles. The SMILES string of the molecule is CC(=O)Cc1cc(C(C)C)cc(F)c1F. The van der Waals surface area contributed by atoms with Crippen molar-refractivity contribution in [2.45, 2.75) is 33.1 Å². The molecule has 1 nitrogen and oxygen atoms in total. The van der Waals surface area contributed by atoms with Crippen LogP contribution in [0.5, 0.6) is 0 Å². The molecular formula is C12H14F2O. The van der Waals surface area contributed by atoms with Crippen molar-refractivity contribution in [3.05, 3.63) is 34.9 Å². The van der Waals surface area contributed by atoms with Crippen LogP contribution in [0, 0.1) is 11.6 Å². The largest absolute Gasteiger partial charge is 0.300 e. The first kappa shape index (κ1) is 11.8. The van der Waals surface area contributed by atoms with Gasteiger partial charge in [0.25, 0.3) is 0 Å². The van der Waals surface area contributed by atoms with E-state index in [4.69, 9.17) is 0 Å². The highest BCUT2D eigenvalue weighted by atomic mass is 19.2. The van der Waals surface area contributed by atoms with E-state index in [0.717, 1.165) is 0 Å². The molecule has 0 spiro atoms. The fraction of sp³-hybridized carbons (Fsp3) is 0.417. The highest BCUT2D eigenvalue weighted by Gasteiger charge is 2.13. The van der Waals surface area contributed by atoms with Gasteiger partial charge in [-0.15, -0.1) is 0 Å². The second kappa shape index (κ2) is 4.51. The topological polar surface area (TPSA) is 17.1 Å². The number of ketones is 1. The lowest BCUT2D eigenvalue weighted by molar-refractivity contribution is -0.116. The molecule has 0 saturated heterocycles. The van der Waals surface area contributed by atoms with E-state index in [1.807, 2.05) is 13.8 Å². The van der Waals surface area contributed by atoms with Crippen molar-refractivity contribution in [2.75, 3.05) is 0 Å². The van der Waals surface area contributed by atoms with Gasteiger partial charge in [-0.05, 0) is 30.0 Å². The smallest absolute Gasteiger partial charge is 0.162 e. The minimum absolute atomic E-state index is 0.0523. The van der Waals surface area contributed by atoms with Gasteiger partial charge in [0.2, 0.25) is 0 Å². The molecule has 1 aromatic carbocycles. The lowest BCUT2D eigenvalue weighted by Crippen LogP contribution is -2.04. The number of halogens is 2. The van der Waals surface area contributed by atoms with Crippen molar-refractivity contribution in [2.24, 2.45) is 0 Å². The summed E-state index contributed by atoms with van der Waals surface area (Å²) in [5, 5.41) is 0. The van der Waals surface area contributed by atoms with Crippen LogP contribution in [0.25, 0.3) is 0 Å². The Morgan fingerprint density at radius 1 is 1.33 bits per heavy atom. The van der Waals surface area contributed by atoms with E-state index in [0.29, 0.717) is 5.56 Å². The van der Waals surface area contributed by atoms with E-state index < -0.39 is 11.6 Å². The molecule has 0 fully saturated rings. The first-order valence-corrected chi connectivity index (χ1v) is 4.89. The predicted molar refractivity (Wildman–Crippen MR) is 54.8 cm³/mol. The molecule has 1 aromatic rings. The van der Waals surface area contributed by atoms with Crippen LogP contribution in [0.2, 0.25) is 0 Å². The van der Waals surface area contributed by atoms with Crippen LogP contribution in [0.3, 0.4) is 0 Å². The van der Waals surface area contributed by atoms with Crippen LogP contribution >= 0.6 is 0 Å². The summed E-state index contributed by atoms with van der Waals surface area (Å²) in [6, 6.07) is 2.74. The number of Topliss-reactive ketones (excluding diaryl/α,β-unsaturated/α-hetero) is 1. The predicted octanol–water partition coefficient (Wildman–Crippen LogP) is 3.22. The number of carbonyl (C=O) groups excluding carboxylic acids is 1. The first-order chi connectivity index (χ1) is 6.91. The van der Waals surface area contributed by atoms with Crippen molar-refractivity contribution in [1.29, 1.82) is 0 Å². The van der Waals surface area contributed by atoms with Gasteiger partial charge in [0.05, 0.1) is 0 Å². The van der Waals surface area contributed by atoms with Crippen molar-refractivity contribution < 1.29 is 13.6 Å². The maximum atomic E-state index is 13.3. The minimum Gasteiger partial charge on any atom is -0.300 e. The van der Waals surface area contributed by atoms with Crippen LogP contribution in [0.15, 0.2) is 12.1 Å². The van der Waals surface area contributed by atoms with Crippen molar-refractivity contribution >= 4 is 5.78 Å². The Morgan fingerprint density at radius 3 is 2.40 bits per heavy atom. The van der Waals surface area contributed by atoms with E-state index in [2.05, 4.69) is 0 Å². The van der Waals surface area contributed by atoms with Crippen LogP contribution in [0.1, 0.15) is 37.8 Å². The maximum Gasteiger partial charge on any atom is 0.162 e. The Morgan fingerprint density at radius 2 is 1.93 bits per heavy atom. The Balaban J connectivity index is 3.18. The van der Waals surface area contributed by atoms with Gasteiger partial charge < -0.3 is 0 Å². The van der Waals surface area contributed by atoms with Crippen LogP contribution in [-0.2, 0) is 11.2 Å². The van der Waals surface area contributed by atoms with Gasteiger partial charge in [-0.2, -0.15) is 0 Å². The number of hydrogen-bond acceptors (Lipinski definition) is 1. The molecule has 3 heteroatoms. The standard InChI is InChI=1S/C12H14F2O/c1-7(2)9-5-10(4-8(3)15)12(14)11(13)6-9/h5-7H,4H2,1-3H3. The highest BCUT2D eigenvalue weighted by Crippen LogP contribution is 2.21. The van der Waals surface area contributed by atoms with E-state index >= 15 is 0 Å². The lowest BCUT2D eigenvalue weighted by Gasteiger charge is -2.09. The van der Waals surface area contributed by atoms with Crippen LogP contribution in [0.4, 0.5) is 8.78 Å². The first-order valence-electron chi connectivity index (χ1n) is 4.89. The van der Waals surface area contributed by atoms with Gasteiger partial charge >= 0.3 is 0 Å². The molecule has 0 aliphatic rings. The molecule has 0 unspecified atom stereocenters. The van der Waals surface area contributed by atoms with Crippen LogP contribution < -0.4 is 0 Å². The summed E-state index contributed by atoms with van der Waals surface area (Å²) in [5.41, 5.74) is 0.858. The van der Waals surface area contributed by atoms with Crippen molar-refractivity contribution in [1.82, 2.24) is 0 Å². The fourth-order valence-corrected chi connectivity index (χ4v) is 1.40. The molecule has 0 amide bonds. The van der Waals surface area contributed by atoms with E-state index in [1.54, 1.807) is 6.07 Å². The third-order valence-corrected chi connectivity index (χ3v) is 2.23. The summed E-state index contributed by atoms with van der Waals surface area (Å²) in [5.74, 6) is -1.84. The Kier molecular flexibility index (Phi) is 3.56. The Labute approximate surface area is 88.1 Å². The zero-order valence-electron chi connectivity index (χ0n) is 9.10. The van der Waals surface area contributed by atoms with E-state index in [1.165, 1.54) is 13.0 Å². The molecule has 0 aliphatic heterocycles. The summed E-state index contributed by atoms with van der Waals surface area (Å²) in [6.45, 7) is 5.15. The van der Waals surface area contributed by atoms with Gasteiger partial charge in [0.1, 0.15) is 5.78 Å². The van der Waals surface area contributed by atoms with Gasteiger partial charge in [0.15, 0.2) is 11.6 Å². The van der Waals surface area contributed by atoms with Gasteiger partial charge in [0, 0.05) is 6.42 Å². The summed E-state index contributed by atoms with van der Waals surface area (Å²) in [7, 11) is 0. The van der Waals surface area contributed by atoms with Crippen molar-refractivity contribution in [3.63, 3.8) is 0 Å². The fourth-order valence-electron chi connectivity index (χ4n) is 1.40. The Hall–Kier alpha value is -1.25. The van der Waals surface area contributed by atoms with E-state index in [9.17, 15) is 13.6 Å². The van der Waals surface area contributed by atoms with Crippen molar-refractivity contribution in [3.8, 4) is 0 Å². The average molecular weight is 212 g/mol. The Bertz CT molecular complexity index is 383. The van der Waals surface area contributed by atoms with E-state index in [-0.39, 0.29) is 23.7 Å². The lowest BCUT2D eigenvalue weighted by atomic mass is 9.98. The van der Waals surface area contributed by atoms with Gasteiger partial charge in [-0.25, -0.2) is 8.78 Å². The number of rotatable bonds is 3. The molecule has 0 aromatic heterocycles. The van der Waals surface area contributed by atoms with Crippen LogP contribution in [-0.4, -0.2) is 5.78 Å². The third-order valence-electron chi connectivity index (χ3n) is 2.23. The summed E-state index contributed by atoms with van der Waals surface area (Å²) >= 11 is 0. The minimum atomic E-state index is -0.908. The monoisotopic (exact) mass is 212 g/mol. The quantitative estimate of drug-likeness (QED) is 0.751. The average Bonchev–Trinajstić information content (AvgIpc) is 2.11. The zero-order valence-corrected chi connectivity index (χ0v) is 9.10. The molecule has 82 valence electrons. The number of benzene rings is 1. The number of carbonyl (C=O) groups is 1. The maximum absolute atomic E-state index is 13.3. The molecular weight excluding hydrogens is 198 g/mol. The molecule has 0 radical (unpaired) electrons. The summed E-state index contributed by atoms with van der Waals surface area (Å²) in [4.78, 5) is 10.9. The number of hydrogen-bond donors (Lipinski definition) is 0. The molecule has 15 heavy (non-hydrogen) atoms. The highest BCUT2D eigenvalue weighted by molar-refractivity contribution is 5.78. The molecule has 0 bridgehead atoms. The second-order valence-electron chi connectivity index (χ2n) is 4.01. The second-order valence-corrected chi connectivity index (χ2v) is 4.01. The third kappa shape index (κ3) is 2.85. The summed E-state index contributed by atoms with van der Waals surface area (Å²) in [6.07, 6.45) is -0.0523. The molecule has 0 saturated carbocycles.